The van der Waals surface area contributed by atoms with Crippen molar-refractivity contribution >= 4 is 32.7 Å². The Morgan fingerprint density at radius 2 is 1.96 bits per heavy atom. The molecule has 0 saturated carbocycles. The molecule has 3 rings (SSSR count). The van der Waals surface area contributed by atoms with E-state index in [0.29, 0.717) is 27.7 Å². The molecular weight excluding hydrogens is 375 g/mol. The number of halogens is 2. The van der Waals surface area contributed by atoms with Gasteiger partial charge in [-0.1, -0.05) is 15.9 Å². The van der Waals surface area contributed by atoms with Crippen molar-refractivity contribution in [1.29, 1.82) is 0 Å². The van der Waals surface area contributed by atoms with Crippen molar-refractivity contribution in [1.82, 2.24) is 0 Å². The normalized spacial score (nSPS) is 11.0. The molecule has 0 saturated heterocycles. The first-order valence-corrected chi connectivity index (χ1v) is 8.16. The lowest BCUT2D eigenvalue weighted by Gasteiger charge is -2.08. The fraction of sp³-hybridized carbons (Fsp3) is 0.158. The Hall–Kier alpha value is -2.27. The van der Waals surface area contributed by atoms with E-state index in [2.05, 4.69) is 15.9 Å². The first-order valence-electron chi connectivity index (χ1n) is 7.36. The molecule has 0 fully saturated rings. The van der Waals surface area contributed by atoms with Crippen molar-refractivity contribution in [2.75, 3.05) is 0 Å². The molecule has 0 aliphatic carbocycles. The summed E-state index contributed by atoms with van der Waals surface area (Å²) in [6, 6.07) is 7.74. The summed E-state index contributed by atoms with van der Waals surface area (Å²) in [6.45, 7) is 3.26. The highest BCUT2D eigenvalue weighted by atomic mass is 79.9. The van der Waals surface area contributed by atoms with Gasteiger partial charge in [0.25, 0.3) is 0 Å². The van der Waals surface area contributed by atoms with Gasteiger partial charge in [-0.05, 0) is 55.3 Å². The van der Waals surface area contributed by atoms with Gasteiger partial charge in [-0.15, -0.1) is 0 Å². The summed E-state index contributed by atoms with van der Waals surface area (Å²) in [7, 11) is 0. The maximum atomic E-state index is 13.4. The van der Waals surface area contributed by atoms with Crippen LogP contribution in [0.3, 0.4) is 0 Å². The van der Waals surface area contributed by atoms with Crippen LogP contribution in [0.1, 0.15) is 34.0 Å². The highest BCUT2D eigenvalue weighted by Crippen LogP contribution is 2.23. The van der Waals surface area contributed by atoms with Crippen molar-refractivity contribution in [3.8, 4) is 0 Å². The van der Waals surface area contributed by atoms with Gasteiger partial charge in [-0.25, -0.2) is 4.39 Å². The zero-order valence-corrected chi connectivity index (χ0v) is 14.7. The third-order valence-electron chi connectivity index (χ3n) is 3.86. The Balaban J connectivity index is 2.18. The third kappa shape index (κ3) is 3.04. The van der Waals surface area contributed by atoms with Crippen LogP contribution < -0.4 is 5.43 Å². The van der Waals surface area contributed by atoms with Crippen molar-refractivity contribution in [2.45, 2.75) is 20.3 Å². The fourth-order valence-electron chi connectivity index (χ4n) is 2.69. The van der Waals surface area contributed by atoms with Crippen LogP contribution in [0.15, 0.2) is 50.3 Å². The van der Waals surface area contributed by atoms with Gasteiger partial charge < -0.3 is 4.42 Å². The summed E-state index contributed by atoms with van der Waals surface area (Å²) < 4.78 is 19.7. The Morgan fingerprint density at radius 3 is 2.67 bits per heavy atom. The molecule has 0 amide bonds. The first kappa shape index (κ1) is 16.6. The van der Waals surface area contributed by atoms with Crippen molar-refractivity contribution in [2.24, 2.45) is 0 Å². The van der Waals surface area contributed by atoms with Gasteiger partial charge in [0.15, 0.2) is 11.2 Å². The van der Waals surface area contributed by atoms with E-state index < -0.39 is 0 Å². The molecule has 24 heavy (non-hydrogen) atoms. The van der Waals surface area contributed by atoms with Crippen LogP contribution in [-0.2, 0) is 6.42 Å². The number of rotatable bonds is 3. The molecule has 0 spiro atoms. The summed E-state index contributed by atoms with van der Waals surface area (Å²) in [5.41, 5.74) is 2.35. The van der Waals surface area contributed by atoms with Gasteiger partial charge in [0.05, 0.1) is 17.2 Å². The Bertz CT molecular complexity index is 1020. The number of Topliss-reactive ketones (excluding diaryl/α,β-unsaturated/α-hetero) is 1. The lowest BCUT2D eigenvalue weighted by molar-refractivity contribution is 0.101. The Kier molecular flexibility index (Phi) is 4.37. The summed E-state index contributed by atoms with van der Waals surface area (Å²) >= 11 is 3.36. The molecule has 0 radical (unpaired) electrons. The van der Waals surface area contributed by atoms with Crippen molar-refractivity contribution in [3.05, 3.63) is 79.4 Å². The molecule has 0 aliphatic heterocycles. The van der Waals surface area contributed by atoms with E-state index in [1.807, 2.05) is 6.92 Å². The number of carbonyl (C=O) groups excluding carboxylic acids is 1. The number of fused-ring (bicyclic) bond motifs is 1. The molecule has 122 valence electrons. The molecule has 3 aromatic rings. The first-order chi connectivity index (χ1) is 11.4. The summed E-state index contributed by atoms with van der Waals surface area (Å²) in [5, 5.41) is 0.366. The summed E-state index contributed by atoms with van der Waals surface area (Å²) in [5.74, 6) is -0.527. The van der Waals surface area contributed by atoms with E-state index in [-0.39, 0.29) is 23.5 Å². The van der Waals surface area contributed by atoms with Gasteiger partial charge in [0.2, 0.25) is 0 Å². The average Bonchev–Trinajstić information content (AvgIpc) is 2.53. The van der Waals surface area contributed by atoms with Crippen LogP contribution in [0.5, 0.6) is 0 Å². The minimum absolute atomic E-state index is 0.160. The molecule has 5 heteroatoms. The van der Waals surface area contributed by atoms with E-state index in [1.165, 1.54) is 25.3 Å². The Labute approximate surface area is 146 Å². The zero-order chi connectivity index (χ0) is 17.4. The molecular formula is C19H14BrFO3. The molecule has 2 aromatic carbocycles. The Morgan fingerprint density at radius 1 is 1.21 bits per heavy atom. The lowest BCUT2D eigenvalue weighted by Crippen LogP contribution is -2.11. The van der Waals surface area contributed by atoms with Gasteiger partial charge in [0, 0.05) is 16.5 Å². The number of hydrogen-bond acceptors (Lipinski definition) is 3. The lowest BCUT2D eigenvalue weighted by atomic mass is 10.0. The molecule has 3 nitrogen and oxygen atoms in total. The molecule has 1 aromatic heterocycles. The SMILES string of the molecule is CC(=O)c1cc(C)cc2c(=O)c(Cc3cc(F)ccc3Br)coc12. The number of hydrogen-bond donors (Lipinski definition) is 0. The molecule has 0 bridgehead atoms. The smallest absolute Gasteiger partial charge is 0.196 e. The molecule has 0 atom stereocenters. The van der Waals surface area contributed by atoms with E-state index >= 15 is 0 Å². The fourth-order valence-corrected chi connectivity index (χ4v) is 3.08. The van der Waals surface area contributed by atoms with Gasteiger partial charge in [-0.2, -0.15) is 0 Å². The van der Waals surface area contributed by atoms with Gasteiger partial charge in [-0.3, -0.25) is 9.59 Å². The molecule has 0 N–H and O–H groups in total. The monoisotopic (exact) mass is 388 g/mol. The summed E-state index contributed by atoms with van der Waals surface area (Å²) in [4.78, 5) is 24.5. The largest absolute Gasteiger partial charge is 0.463 e. The number of aryl methyl sites for hydroxylation is 1. The van der Waals surface area contributed by atoms with Gasteiger partial charge >= 0.3 is 0 Å². The number of benzene rings is 2. The number of ketones is 1. The molecule has 1 heterocycles. The standard InChI is InChI=1S/C19H14BrFO3/c1-10-5-15(11(2)22)19-16(6-10)18(23)13(9-24-19)7-12-8-14(21)3-4-17(12)20/h3-6,8-9H,7H2,1-2H3. The zero-order valence-electron chi connectivity index (χ0n) is 13.2. The van der Waals surface area contributed by atoms with Crippen LogP contribution in [0, 0.1) is 12.7 Å². The summed E-state index contributed by atoms with van der Waals surface area (Å²) in [6.07, 6.45) is 1.59. The highest BCUT2D eigenvalue weighted by molar-refractivity contribution is 9.10. The van der Waals surface area contributed by atoms with E-state index in [9.17, 15) is 14.0 Å². The maximum Gasteiger partial charge on any atom is 0.196 e. The van der Waals surface area contributed by atoms with E-state index in [0.717, 1.165) is 10.0 Å². The maximum absolute atomic E-state index is 13.4. The van der Waals surface area contributed by atoms with E-state index in [1.54, 1.807) is 18.2 Å². The van der Waals surface area contributed by atoms with Crippen molar-refractivity contribution < 1.29 is 13.6 Å². The van der Waals surface area contributed by atoms with E-state index in [4.69, 9.17) is 4.42 Å². The average molecular weight is 389 g/mol. The van der Waals surface area contributed by atoms with Crippen LogP contribution >= 0.6 is 15.9 Å². The molecule has 0 unspecified atom stereocenters. The van der Waals surface area contributed by atoms with Crippen molar-refractivity contribution in [3.63, 3.8) is 0 Å². The minimum atomic E-state index is -0.368. The second kappa shape index (κ2) is 6.32. The minimum Gasteiger partial charge on any atom is -0.463 e. The second-order valence-electron chi connectivity index (χ2n) is 5.75. The van der Waals surface area contributed by atoms with Gasteiger partial charge in [0.1, 0.15) is 11.4 Å². The second-order valence-corrected chi connectivity index (χ2v) is 6.60. The predicted octanol–water partition coefficient (Wildman–Crippen LogP) is 4.80. The van der Waals surface area contributed by atoms with Crippen LogP contribution in [0.4, 0.5) is 4.39 Å². The van der Waals surface area contributed by atoms with Crippen LogP contribution in [0.2, 0.25) is 0 Å². The third-order valence-corrected chi connectivity index (χ3v) is 4.63. The van der Waals surface area contributed by atoms with Crippen LogP contribution in [0.25, 0.3) is 11.0 Å². The highest BCUT2D eigenvalue weighted by Gasteiger charge is 2.15. The quantitative estimate of drug-likeness (QED) is 0.605. The topological polar surface area (TPSA) is 47.3 Å². The van der Waals surface area contributed by atoms with Crippen LogP contribution in [-0.4, -0.2) is 5.78 Å². The molecule has 0 aliphatic rings. The number of carbonyl (C=O) groups is 1. The predicted molar refractivity (Wildman–Crippen MR) is 94.1 cm³/mol.